The van der Waals surface area contributed by atoms with E-state index in [-0.39, 0.29) is 11.3 Å². The summed E-state index contributed by atoms with van der Waals surface area (Å²) in [5, 5.41) is 14.4. The van der Waals surface area contributed by atoms with Crippen molar-refractivity contribution in [2.75, 3.05) is 6.54 Å². The van der Waals surface area contributed by atoms with Gasteiger partial charge in [0.25, 0.3) is 5.56 Å². The van der Waals surface area contributed by atoms with Gasteiger partial charge in [-0.2, -0.15) is 0 Å². The molecule has 0 amide bonds. The quantitative estimate of drug-likeness (QED) is 0.483. The molecule has 4 rings (SSSR count). The van der Waals surface area contributed by atoms with Crippen molar-refractivity contribution in [3.8, 4) is 16.9 Å². The molecular formula is C20H17ClN2O2S. The second-order valence-corrected chi connectivity index (χ2v) is 7.62. The first-order valence-corrected chi connectivity index (χ1v) is 9.51. The molecule has 0 saturated heterocycles. The number of pyridine rings is 1. The average molecular weight is 385 g/mol. The molecule has 132 valence electrons. The zero-order chi connectivity index (χ0) is 18.4. The van der Waals surface area contributed by atoms with E-state index in [1.165, 1.54) is 23.0 Å². The van der Waals surface area contributed by atoms with Crippen molar-refractivity contribution in [3.05, 3.63) is 62.2 Å². The number of nitrogens with one attached hydrogen (secondary N) is 1. The molecule has 0 spiro atoms. The molecule has 26 heavy (non-hydrogen) atoms. The molecule has 0 bridgehead atoms. The van der Waals surface area contributed by atoms with E-state index in [1.807, 2.05) is 36.6 Å². The number of thiophene rings is 1. The maximum atomic E-state index is 12.3. The van der Waals surface area contributed by atoms with Gasteiger partial charge in [0.05, 0.1) is 10.5 Å². The number of aryl methyl sites for hydroxylation is 1. The number of hydrogen-bond donors (Lipinski definition) is 3. The molecule has 0 aliphatic rings. The summed E-state index contributed by atoms with van der Waals surface area (Å²) >= 11 is 7.69. The molecule has 0 aliphatic carbocycles. The van der Waals surface area contributed by atoms with E-state index in [1.54, 1.807) is 0 Å². The minimum Gasteiger partial charge on any atom is -0.507 e. The fourth-order valence-corrected chi connectivity index (χ4v) is 4.50. The summed E-state index contributed by atoms with van der Waals surface area (Å²) in [4.78, 5) is 15.2. The average Bonchev–Trinajstić information content (AvgIpc) is 3.09. The smallest absolute Gasteiger partial charge is 0.266 e. The fourth-order valence-electron chi connectivity index (χ4n) is 3.46. The zero-order valence-electron chi connectivity index (χ0n) is 14.1. The summed E-state index contributed by atoms with van der Waals surface area (Å²) in [5.74, 6) is 0.0908. The minimum atomic E-state index is -0.171. The summed E-state index contributed by atoms with van der Waals surface area (Å²) in [7, 11) is 0. The number of H-pyrrole nitrogens is 1. The Morgan fingerprint density at radius 1 is 1.27 bits per heavy atom. The third-order valence-corrected chi connectivity index (χ3v) is 5.89. The molecule has 0 fully saturated rings. The molecule has 0 radical (unpaired) electrons. The number of aromatic amines is 1. The Bertz CT molecular complexity index is 1210. The molecule has 0 aliphatic heterocycles. The molecule has 2 aromatic carbocycles. The van der Waals surface area contributed by atoms with Crippen LogP contribution in [0.3, 0.4) is 0 Å². The molecule has 2 aromatic heterocycles. The lowest BCUT2D eigenvalue weighted by Crippen LogP contribution is -2.05. The van der Waals surface area contributed by atoms with Gasteiger partial charge in [0.15, 0.2) is 0 Å². The maximum Gasteiger partial charge on any atom is 0.266 e. The highest BCUT2D eigenvalue weighted by Crippen LogP contribution is 2.43. The van der Waals surface area contributed by atoms with Crippen molar-refractivity contribution in [2.45, 2.75) is 13.3 Å². The monoisotopic (exact) mass is 384 g/mol. The van der Waals surface area contributed by atoms with E-state index in [0.717, 1.165) is 28.3 Å². The van der Waals surface area contributed by atoms with Crippen molar-refractivity contribution in [2.24, 2.45) is 5.73 Å². The molecular weight excluding hydrogens is 368 g/mol. The van der Waals surface area contributed by atoms with Gasteiger partial charge in [0.2, 0.25) is 0 Å². The molecule has 2 heterocycles. The summed E-state index contributed by atoms with van der Waals surface area (Å²) < 4.78 is 0.622. The van der Waals surface area contributed by atoms with E-state index >= 15 is 0 Å². The van der Waals surface area contributed by atoms with Gasteiger partial charge in [-0.1, -0.05) is 29.8 Å². The number of hydrogen-bond acceptors (Lipinski definition) is 4. The lowest BCUT2D eigenvalue weighted by molar-refractivity contribution is 0.478. The lowest BCUT2D eigenvalue weighted by atomic mass is 9.94. The number of halogens is 1. The first-order valence-electron chi connectivity index (χ1n) is 8.26. The van der Waals surface area contributed by atoms with Crippen LogP contribution in [0.5, 0.6) is 5.75 Å². The van der Waals surface area contributed by atoms with Gasteiger partial charge < -0.3 is 15.8 Å². The second-order valence-electron chi connectivity index (χ2n) is 6.30. The highest BCUT2D eigenvalue weighted by Gasteiger charge is 2.18. The summed E-state index contributed by atoms with van der Waals surface area (Å²) in [6.07, 6.45) is 0.807. The van der Waals surface area contributed by atoms with Crippen LogP contribution in [0.1, 0.15) is 11.1 Å². The molecule has 4 nitrogen and oxygen atoms in total. The molecule has 4 N–H and O–H groups in total. The number of nitrogens with two attached hydrogens (primary N) is 1. The second kappa shape index (κ2) is 6.43. The first kappa shape index (κ1) is 17.1. The van der Waals surface area contributed by atoms with Crippen molar-refractivity contribution in [3.63, 3.8) is 0 Å². The van der Waals surface area contributed by atoms with Crippen molar-refractivity contribution in [1.29, 1.82) is 0 Å². The number of benzene rings is 2. The maximum absolute atomic E-state index is 12.3. The third kappa shape index (κ3) is 2.60. The third-order valence-electron chi connectivity index (χ3n) is 4.68. The predicted octanol–water partition coefficient (Wildman–Crippen LogP) is 4.58. The van der Waals surface area contributed by atoms with Gasteiger partial charge in [-0.15, -0.1) is 11.3 Å². The van der Waals surface area contributed by atoms with Crippen LogP contribution in [0.25, 0.3) is 32.1 Å². The van der Waals surface area contributed by atoms with Gasteiger partial charge in [-0.3, -0.25) is 4.79 Å². The van der Waals surface area contributed by atoms with Crippen molar-refractivity contribution in [1.82, 2.24) is 4.98 Å². The van der Waals surface area contributed by atoms with E-state index in [9.17, 15) is 9.90 Å². The minimum absolute atomic E-state index is 0.0908. The normalized spacial score (nSPS) is 11.5. The van der Waals surface area contributed by atoms with Crippen LogP contribution in [0.4, 0.5) is 0 Å². The lowest BCUT2D eigenvalue weighted by Gasteiger charge is -2.14. The number of phenols is 1. The fraction of sp³-hybridized carbons (Fsp3) is 0.150. The number of aromatic hydroxyl groups is 1. The summed E-state index contributed by atoms with van der Waals surface area (Å²) in [6, 6.07) is 9.43. The molecule has 6 heteroatoms. The van der Waals surface area contributed by atoms with Crippen molar-refractivity contribution < 1.29 is 5.11 Å². The number of aromatic nitrogens is 1. The SMILES string of the molecule is Cc1cc(-c2c(O)cc(Cl)c3[nH]c(=O)c4sccc4c23)ccc1CCN. The number of fused-ring (bicyclic) bond motifs is 3. The Balaban J connectivity index is 2.11. The molecule has 0 atom stereocenters. The topological polar surface area (TPSA) is 79.1 Å². The molecule has 0 saturated carbocycles. The van der Waals surface area contributed by atoms with Crippen LogP contribution in [0, 0.1) is 6.92 Å². The van der Waals surface area contributed by atoms with Crippen LogP contribution < -0.4 is 11.3 Å². The molecule has 4 aromatic rings. The first-order chi connectivity index (χ1) is 12.5. The van der Waals surface area contributed by atoms with Gasteiger partial charge in [-0.25, -0.2) is 0 Å². The molecule has 0 unspecified atom stereocenters. The van der Waals surface area contributed by atoms with Gasteiger partial charge in [0, 0.05) is 22.4 Å². The standard InChI is InChI=1S/C20H17ClN2O2S/c1-10-8-12(3-2-11(10)4-6-22)16-15(24)9-14(21)18-17(16)13-5-7-26-19(13)20(25)23-18/h2-3,5,7-9,24H,4,6,22H2,1H3,(H,23,25). The Labute approximate surface area is 158 Å². The van der Waals surface area contributed by atoms with Crippen LogP contribution in [-0.4, -0.2) is 16.6 Å². The van der Waals surface area contributed by atoms with Gasteiger partial charge in [0.1, 0.15) is 10.4 Å². The number of phenolic OH excluding ortho intramolecular Hbond substituents is 1. The zero-order valence-corrected chi connectivity index (χ0v) is 15.7. The van der Waals surface area contributed by atoms with E-state index in [4.69, 9.17) is 17.3 Å². The Kier molecular flexibility index (Phi) is 4.23. The summed E-state index contributed by atoms with van der Waals surface area (Å²) in [5.41, 5.74) is 9.89. The van der Waals surface area contributed by atoms with E-state index in [2.05, 4.69) is 4.98 Å². The van der Waals surface area contributed by atoms with Crippen LogP contribution in [0.2, 0.25) is 5.02 Å². The number of rotatable bonds is 3. The van der Waals surface area contributed by atoms with E-state index < -0.39 is 0 Å². The van der Waals surface area contributed by atoms with E-state index in [0.29, 0.717) is 27.3 Å². The largest absolute Gasteiger partial charge is 0.507 e. The van der Waals surface area contributed by atoms with Crippen LogP contribution in [0.15, 0.2) is 40.5 Å². The van der Waals surface area contributed by atoms with Crippen LogP contribution >= 0.6 is 22.9 Å². The Hall–Kier alpha value is -2.34. The Morgan fingerprint density at radius 2 is 2.08 bits per heavy atom. The highest BCUT2D eigenvalue weighted by atomic mass is 35.5. The van der Waals surface area contributed by atoms with Gasteiger partial charge >= 0.3 is 0 Å². The van der Waals surface area contributed by atoms with Crippen molar-refractivity contribution >= 4 is 43.9 Å². The van der Waals surface area contributed by atoms with Crippen LogP contribution in [-0.2, 0) is 6.42 Å². The van der Waals surface area contributed by atoms with Gasteiger partial charge in [-0.05, 0) is 48.0 Å². The predicted molar refractivity (Wildman–Crippen MR) is 110 cm³/mol. The summed E-state index contributed by atoms with van der Waals surface area (Å²) in [6.45, 7) is 2.62. The highest BCUT2D eigenvalue weighted by molar-refractivity contribution is 7.17. The Morgan fingerprint density at radius 3 is 2.81 bits per heavy atom.